The standard InChI is InChI=1S/C2H6OS.HNO3/c3-1-2-4;2-1(3)4/h3-4H,1-2H2;(H,2,3,4). The molecule has 0 rings (SSSR count). The maximum absolute atomic E-state index is 8.36. The molecule has 8 heavy (non-hydrogen) atoms. The van der Waals surface area contributed by atoms with Crippen molar-refractivity contribution in [1.29, 1.82) is 0 Å². The van der Waals surface area contributed by atoms with Crippen molar-refractivity contribution in [2.75, 3.05) is 12.4 Å². The average molecular weight is 141 g/mol. The summed E-state index contributed by atoms with van der Waals surface area (Å²) in [6, 6.07) is 0. The van der Waals surface area contributed by atoms with Crippen LogP contribution in [0.25, 0.3) is 0 Å². The highest BCUT2D eigenvalue weighted by Gasteiger charge is 1.65. The van der Waals surface area contributed by atoms with Gasteiger partial charge >= 0.3 is 0 Å². The summed E-state index contributed by atoms with van der Waals surface area (Å²) in [4.78, 5) is 8.36. The summed E-state index contributed by atoms with van der Waals surface area (Å²) >= 11 is 3.67. The molecule has 5 nitrogen and oxygen atoms in total. The van der Waals surface area contributed by atoms with Crippen LogP contribution in [0.5, 0.6) is 0 Å². The largest absolute Gasteiger partial charge is 0.396 e. The Morgan fingerprint density at radius 1 is 1.75 bits per heavy atom. The molecule has 0 fully saturated rings. The zero-order valence-electron chi connectivity index (χ0n) is 4.02. The molecular formula is C2H7NO4S. The number of aliphatic hydroxyl groups is 1. The summed E-state index contributed by atoms with van der Waals surface area (Å²) in [7, 11) is 0. The molecule has 0 radical (unpaired) electrons. The summed E-state index contributed by atoms with van der Waals surface area (Å²) < 4.78 is 0. The first-order valence-electron chi connectivity index (χ1n) is 1.70. The summed E-state index contributed by atoms with van der Waals surface area (Å²) in [6.07, 6.45) is 0. The van der Waals surface area contributed by atoms with E-state index in [1.807, 2.05) is 0 Å². The van der Waals surface area contributed by atoms with Crippen LogP contribution in [0.1, 0.15) is 0 Å². The lowest BCUT2D eigenvalue weighted by atomic mass is 10.9. The summed E-state index contributed by atoms with van der Waals surface area (Å²) in [5.41, 5.74) is 0. The Balaban J connectivity index is 0. The van der Waals surface area contributed by atoms with Crippen molar-refractivity contribution in [3.8, 4) is 0 Å². The predicted molar refractivity (Wildman–Crippen MR) is 29.7 cm³/mol. The number of aliphatic hydroxyl groups excluding tert-OH is 1. The second kappa shape index (κ2) is 9.72. The molecule has 0 amide bonds. The smallest absolute Gasteiger partial charge is 0.291 e. The van der Waals surface area contributed by atoms with Gasteiger partial charge in [-0.2, -0.15) is 12.6 Å². The molecule has 0 aliphatic carbocycles. The molecule has 6 heteroatoms. The van der Waals surface area contributed by atoms with E-state index in [0.29, 0.717) is 5.75 Å². The van der Waals surface area contributed by atoms with E-state index in [1.54, 1.807) is 0 Å². The van der Waals surface area contributed by atoms with Crippen molar-refractivity contribution in [2.24, 2.45) is 0 Å². The molecule has 0 aromatic carbocycles. The Bertz CT molecular complexity index is 52.0. The van der Waals surface area contributed by atoms with Gasteiger partial charge in [0.25, 0.3) is 5.09 Å². The first-order valence-corrected chi connectivity index (χ1v) is 2.33. The SMILES string of the molecule is O=[N+]([O-])O.OCCS. The molecule has 0 aliphatic heterocycles. The number of thiol groups is 1. The number of hydrogen-bond donors (Lipinski definition) is 3. The lowest BCUT2D eigenvalue weighted by Gasteiger charge is -1.69. The van der Waals surface area contributed by atoms with Crippen molar-refractivity contribution >= 4 is 12.6 Å². The second-order valence-electron chi connectivity index (χ2n) is 0.685. The fraction of sp³-hybridized carbons (Fsp3) is 1.00. The van der Waals surface area contributed by atoms with E-state index in [0.717, 1.165) is 0 Å². The number of hydrogen-bond acceptors (Lipinski definition) is 4. The van der Waals surface area contributed by atoms with E-state index in [-0.39, 0.29) is 6.61 Å². The molecule has 0 aromatic rings. The minimum absolute atomic E-state index is 0.184. The van der Waals surface area contributed by atoms with Gasteiger partial charge in [-0.3, -0.25) is 0 Å². The Labute approximate surface area is 51.5 Å². The zero-order chi connectivity index (χ0) is 6.99. The first-order chi connectivity index (χ1) is 3.65. The molecule has 0 atom stereocenters. The van der Waals surface area contributed by atoms with Crippen LogP contribution in [0, 0.1) is 10.1 Å². The van der Waals surface area contributed by atoms with Crippen molar-refractivity contribution in [3.63, 3.8) is 0 Å². The number of nitrogens with zero attached hydrogens (tertiary/aromatic N) is 1. The van der Waals surface area contributed by atoms with Crippen LogP contribution < -0.4 is 0 Å². The van der Waals surface area contributed by atoms with E-state index >= 15 is 0 Å². The van der Waals surface area contributed by atoms with Gasteiger partial charge in [-0.05, 0) is 0 Å². The van der Waals surface area contributed by atoms with Crippen molar-refractivity contribution in [2.45, 2.75) is 0 Å². The fourth-order valence-corrected chi connectivity index (χ4v) is 0. The van der Waals surface area contributed by atoms with Crippen LogP contribution in [0.15, 0.2) is 0 Å². The Hall–Kier alpha value is -0.490. The molecule has 0 heterocycles. The quantitative estimate of drug-likeness (QED) is 0.262. The third-order valence-corrected chi connectivity index (χ3v) is 0.300. The summed E-state index contributed by atoms with van der Waals surface area (Å²) in [5.74, 6) is 0.569. The molecule has 0 aromatic heterocycles. The van der Waals surface area contributed by atoms with Gasteiger partial charge in [0.15, 0.2) is 0 Å². The van der Waals surface area contributed by atoms with Gasteiger partial charge in [0, 0.05) is 5.75 Å². The lowest BCUT2D eigenvalue weighted by molar-refractivity contribution is -0.742. The zero-order valence-corrected chi connectivity index (χ0v) is 4.91. The van der Waals surface area contributed by atoms with Crippen LogP contribution in [0.2, 0.25) is 0 Å². The normalized spacial score (nSPS) is 6.75. The van der Waals surface area contributed by atoms with E-state index < -0.39 is 5.09 Å². The molecular weight excluding hydrogens is 134 g/mol. The second-order valence-corrected chi connectivity index (χ2v) is 1.13. The molecule has 2 N–H and O–H groups in total. The topological polar surface area (TPSA) is 83.6 Å². The van der Waals surface area contributed by atoms with Gasteiger partial charge in [0.1, 0.15) is 0 Å². The highest BCUT2D eigenvalue weighted by molar-refractivity contribution is 7.80. The van der Waals surface area contributed by atoms with Gasteiger partial charge < -0.3 is 10.3 Å². The maximum Gasteiger partial charge on any atom is 0.291 e. The Morgan fingerprint density at radius 3 is 1.88 bits per heavy atom. The van der Waals surface area contributed by atoms with Crippen molar-refractivity contribution in [1.82, 2.24) is 0 Å². The van der Waals surface area contributed by atoms with E-state index in [4.69, 9.17) is 20.4 Å². The molecule has 0 bridgehead atoms. The average Bonchev–Trinajstić information content (AvgIpc) is 1.65. The van der Waals surface area contributed by atoms with Crippen LogP contribution in [0.3, 0.4) is 0 Å². The molecule has 50 valence electrons. The molecule has 0 spiro atoms. The maximum atomic E-state index is 8.36. The summed E-state index contributed by atoms with van der Waals surface area (Å²) in [5, 5.41) is 21.4. The lowest BCUT2D eigenvalue weighted by Crippen LogP contribution is -1.81. The highest BCUT2D eigenvalue weighted by Crippen LogP contribution is 1.61. The molecule has 0 saturated heterocycles. The van der Waals surface area contributed by atoms with E-state index in [9.17, 15) is 0 Å². The third-order valence-electron chi connectivity index (χ3n) is 0.1000. The molecule has 0 saturated carbocycles. The van der Waals surface area contributed by atoms with Crippen molar-refractivity contribution in [3.05, 3.63) is 10.1 Å². The van der Waals surface area contributed by atoms with Gasteiger partial charge in [-0.1, -0.05) is 0 Å². The van der Waals surface area contributed by atoms with E-state index in [2.05, 4.69) is 12.6 Å². The minimum Gasteiger partial charge on any atom is -0.396 e. The minimum atomic E-state index is -1.50. The van der Waals surface area contributed by atoms with E-state index in [1.165, 1.54) is 0 Å². The fourth-order valence-electron chi connectivity index (χ4n) is 0. The summed E-state index contributed by atoms with van der Waals surface area (Å²) in [6.45, 7) is 0.184. The Morgan fingerprint density at radius 2 is 1.88 bits per heavy atom. The van der Waals surface area contributed by atoms with Gasteiger partial charge in [0.05, 0.1) is 6.61 Å². The van der Waals surface area contributed by atoms with Crippen LogP contribution in [-0.4, -0.2) is 27.8 Å². The van der Waals surface area contributed by atoms with Crippen LogP contribution in [-0.2, 0) is 0 Å². The highest BCUT2D eigenvalue weighted by atomic mass is 32.1. The predicted octanol–water partition coefficient (Wildman–Crippen LogP) is -0.439. The van der Waals surface area contributed by atoms with Gasteiger partial charge in [-0.25, -0.2) is 0 Å². The van der Waals surface area contributed by atoms with Gasteiger partial charge in [-0.15, -0.1) is 10.1 Å². The first kappa shape index (κ1) is 10.5. The third kappa shape index (κ3) is 431. The number of rotatable bonds is 1. The van der Waals surface area contributed by atoms with Crippen molar-refractivity contribution < 1.29 is 15.4 Å². The van der Waals surface area contributed by atoms with Gasteiger partial charge in [0.2, 0.25) is 0 Å². The molecule has 0 aliphatic rings. The molecule has 0 unspecified atom stereocenters. The van der Waals surface area contributed by atoms with Crippen LogP contribution >= 0.6 is 12.6 Å². The van der Waals surface area contributed by atoms with Crippen LogP contribution in [0.4, 0.5) is 0 Å². The monoisotopic (exact) mass is 141 g/mol. The Kier molecular flexibility index (Phi) is 12.7.